The maximum atomic E-state index is 12.2. The van der Waals surface area contributed by atoms with Crippen molar-refractivity contribution in [2.75, 3.05) is 32.8 Å². The van der Waals surface area contributed by atoms with E-state index < -0.39 is 0 Å². The van der Waals surface area contributed by atoms with Gasteiger partial charge in [0.2, 0.25) is 0 Å². The quantitative estimate of drug-likeness (QED) is 0.803. The monoisotopic (exact) mass is 375 g/mol. The van der Waals surface area contributed by atoms with Gasteiger partial charge in [0.25, 0.3) is 0 Å². The summed E-state index contributed by atoms with van der Waals surface area (Å²) in [5, 5.41) is 1.79. The Labute approximate surface area is 159 Å². The molecule has 140 valence electrons. The van der Waals surface area contributed by atoms with Crippen LogP contribution >= 0.6 is 11.6 Å². The van der Waals surface area contributed by atoms with Gasteiger partial charge in [-0.25, -0.2) is 4.79 Å². The summed E-state index contributed by atoms with van der Waals surface area (Å²) in [6.07, 6.45) is 2.55. The largest absolute Gasteiger partial charge is 0.449 e. The zero-order chi connectivity index (χ0) is 18.5. The van der Waals surface area contributed by atoms with Gasteiger partial charge in [-0.3, -0.25) is 9.88 Å². The van der Waals surface area contributed by atoms with Crippen LogP contribution in [0.1, 0.15) is 25.8 Å². The number of carbonyl (C=O) groups excluding carboxylic acids is 1. The van der Waals surface area contributed by atoms with Crippen LogP contribution in [0.3, 0.4) is 0 Å². The number of nitrogens with zero attached hydrogens (tertiary/aromatic N) is 3. The summed E-state index contributed by atoms with van der Waals surface area (Å²) < 4.78 is 5.37. The summed E-state index contributed by atoms with van der Waals surface area (Å²) in [7, 11) is 0. The van der Waals surface area contributed by atoms with Crippen molar-refractivity contribution >= 4 is 28.6 Å². The van der Waals surface area contributed by atoms with E-state index in [4.69, 9.17) is 16.3 Å². The van der Waals surface area contributed by atoms with Crippen molar-refractivity contribution in [3.63, 3.8) is 0 Å². The van der Waals surface area contributed by atoms with E-state index >= 15 is 0 Å². The van der Waals surface area contributed by atoms with Gasteiger partial charge in [-0.05, 0) is 36.1 Å². The first-order chi connectivity index (χ1) is 12.5. The first-order valence-electron chi connectivity index (χ1n) is 9.20. The number of amides is 1. The zero-order valence-electron chi connectivity index (χ0n) is 15.4. The molecule has 0 bridgehead atoms. The molecule has 1 aliphatic heterocycles. The second-order valence-corrected chi connectivity index (χ2v) is 7.66. The van der Waals surface area contributed by atoms with Crippen molar-refractivity contribution in [3.8, 4) is 0 Å². The second-order valence-electron chi connectivity index (χ2n) is 7.23. The molecule has 1 aromatic heterocycles. The van der Waals surface area contributed by atoms with Gasteiger partial charge in [-0.2, -0.15) is 0 Å². The van der Waals surface area contributed by atoms with Crippen molar-refractivity contribution in [2.45, 2.75) is 26.8 Å². The number of hydrogen-bond acceptors (Lipinski definition) is 4. The predicted octanol–water partition coefficient (Wildman–Crippen LogP) is 4.19. The van der Waals surface area contributed by atoms with Crippen LogP contribution in [-0.2, 0) is 11.3 Å². The standard InChI is InChI=1S/C20H26ClN3O2/c1-15(2)14-26-20(25)24-8-4-7-23(9-10-24)13-17-12-18(21)11-16-5-3-6-22-19(16)17/h3,5-6,11-12,15H,4,7-10,13-14H2,1-2H3. The van der Waals surface area contributed by atoms with Crippen molar-refractivity contribution in [3.05, 3.63) is 41.0 Å². The topological polar surface area (TPSA) is 45.7 Å². The lowest BCUT2D eigenvalue weighted by atomic mass is 10.1. The van der Waals surface area contributed by atoms with E-state index in [-0.39, 0.29) is 6.09 Å². The third kappa shape index (κ3) is 4.86. The van der Waals surface area contributed by atoms with Gasteiger partial charge in [-0.15, -0.1) is 0 Å². The maximum Gasteiger partial charge on any atom is 0.409 e. The Morgan fingerprint density at radius 1 is 1.27 bits per heavy atom. The van der Waals surface area contributed by atoms with Crippen LogP contribution < -0.4 is 0 Å². The van der Waals surface area contributed by atoms with E-state index in [2.05, 4.69) is 9.88 Å². The first kappa shape index (κ1) is 18.9. The van der Waals surface area contributed by atoms with Crippen LogP contribution in [0.5, 0.6) is 0 Å². The molecule has 2 aromatic rings. The Kier molecular flexibility index (Phi) is 6.33. The smallest absolute Gasteiger partial charge is 0.409 e. The van der Waals surface area contributed by atoms with Gasteiger partial charge >= 0.3 is 6.09 Å². The number of benzene rings is 1. The maximum absolute atomic E-state index is 12.2. The Bertz CT molecular complexity index is 766. The van der Waals surface area contributed by atoms with E-state index in [0.29, 0.717) is 19.1 Å². The second kappa shape index (κ2) is 8.69. The molecule has 0 atom stereocenters. The molecular weight excluding hydrogens is 350 g/mol. The van der Waals surface area contributed by atoms with Gasteiger partial charge in [0.1, 0.15) is 0 Å². The number of ether oxygens (including phenoxy) is 1. The summed E-state index contributed by atoms with van der Waals surface area (Å²) >= 11 is 6.28. The highest BCUT2D eigenvalue weighted by Crippen LogP contribution is 2.24. The number of hydrogen-bond donors (Lipinski definition) is 0. The van der Waals surface area contributed by atoms with E-state index in [1.807, 2.05) is 49.2 Å². The third-order valence-corrected chi connectivity index (χ3v) is 4.75. The SMILES string of the molecule is CC(C)COC(=O)N1CCCN(Cc2cc(Cl)cc3cccnc23)CC1. The molecule has 26 heavy (non-hydrogen) atoms. The molecule has 0 N–H and O–H groups in total. The Hall–Kier alpha value is -1.85. The molecule has 1 amide bonds. The van der Waals surface area contributed by atoms with Crippen molar-refractivity contribution in [1.29, 1.82) is 0 Å². The zero-order valence-corrected chi connectivity index (χ0v) is 16.2. The lowest BCUT2D eigenvalue weighted by molar-refractivity contribution is 0.0930. The van der Waals surface area contributed by atoms with Gasteiger partial charge in [-0.1, -0.05) is 31.5 Å². The predicted molar refractivity (Wildman–Crippen MR) is 104 cm³/mol. The first-order valence-corrected chi connectivity index (χ1v) is 9.58. The average Bonchev–Trinajstić information content (AvgIpc) is 2.85. The molecule has 1 aliphatic rings. The molecular formula is C20H26ClN3O2. The van der Waals surface area contributed by atoms with Gasteiger partial charge in [0, 0.05) is 49.3 Å². The lowest BCUT2D eigenvalue weighted by Gasteiger charge is -2.22. The van der Waals surface area contributed by atoms with Crippen molar-refractivity contribution < 1.29 is 9.53 Å². The van der Waals surface area contributed by atoms with Crippen molar-refractivity contribution in [2.24, 2.45) is 5.92 Å². The minimum atomic E-state index is -0.199. The van der Waals surface area contributed by atoms with Gasteiger partial charge in [0.05, 0.1) is 12.1 Å². The Balaban J connectivity index is 1.64. The lowest BCUT2D eigenvalue weighted by Crippen LogP contribution is -2.36. The van der Waals surface area contributed by atoms with Crippen LogP contribution in [0, 0.1) is 5.92 Å². The molecule has 5 nitrogen and oxygen atoms in total. The minimum Gasteiger partial charge on any atom is -0.449 e. The Morgan fingerprint density at radius 3 is 2.92 bits per heavy atom. The molecule has 0 saturated carbocycles. The summed E-state index contributed by atoms with van der Waals surface area (Å²) in [6.45, 7) is 8.51. The fraction of sp³-hybridized carbons (Fsp3) is 0.500. The molecule has 2 heterocycles. The molecule has 1 aromatic carbocycles. The summed E-state index contributed by atoms with van der Waals surface area (Å²) in [6, 6.07) is 7.90. The van der Waals surface area contributed by atoms with E-state index in [1.165, 1.54) is 0 Å². The van der Waals surface area contributed by atoms with Crippen LogP contribution in [0.4, 0.5) is 4.79 Å². The summed E-state index contributed by atoms with van der Waals surface area (Å²) in [5.41, 5.74) is 2.12. The normalized spacial score (nSPS) is 16.1. The van der Waals surface area contributed by atoms with E-state index in [9.17, 15) is 4.79 Å². The number of carbonyl (C=O) groups is 1. The number of rotatable bonds is 4. The molecule has 1 fully saturated rings. The molecule has 6 heteroatoms. The third-order valence-electron chi connectivity index (χ3n) is 4.53. The van der Waals surface area contributed by atoms with Crippen molar-refractivity contribution in [1.82, 2.24) is 14.8 Å². The number of pyridine rings is 1. The van der Waals surface area contributed by atoms with Crippen LogP contribution in [0.2, 0.25) is 5.02 Å². The summed E-state index contributed by atoms with van der Waals surface area (Å²) in [5.74, 6) is 0.353. The average molecular weight is 376 g/mol. The molecule has 3 rings (SSSR count). The minimum absolute atomic E-state index is 0.199. The van der Waals surface area contributed by atoms with Gasteiger partial charge < -0.3 is 9.64 Å². The number of fused-ring (bicyclic) bond motifs is 1. The Morgan fingerprint density at radius 2 is 2.12 bits per heavy atom. The molecule has 1 saturated heterocycles. The molecule has 0 radical (unpaired) electrons. The highest BCUT2D eigenvalue weighted by Gasteiger charge is 2.21. The molecule has 0 spiro atoms. The van der Waals surface area contributed by atoms with Crippen LogP contribution in [0.15, 0.2) is 30.5 Å². The fourth-order valence-corrected chi connectivity index (χ4v) is 3.48. The highest BCUT2D eigenvalue weighted by molar-refractivity contribution is 6.31. The summed E-state index contributed by atoms with van der Waals surface area (Å²) in [4.78, 5) is 20.9. The number of aromatic nitrogens is 1. The van der Waals surface area contributed by atoms with Crippen LogP contribution in [-0.4, -0.2) is 53.7 Å². The molecule has 0 aliphatic carbocycles. The molecule has 0 unspecified atom stereocenters. The number of halogens is 1. The highest BCUT2D eigenvalue weighted by atomic mass is 35.5. The van der Waals surface area contributed by atoms with E-state index in [0.717, 1.165) is 54.1 Å². The van der Waals surface area contributed by atoms with Crippen LogP contribution in [0.25, 0.3) is 10.9 Å². The van der Waals surface area contributed by atoms with Gasteiger partial charge in [0.15, 0.2) is 0 Å². The van der Waals surface area contributed by atoms with E-state index in [1.54, 1.807) is 0 Å². The fourth-order valence-electron chi connectivity index (χ4n) is 3.23.